The molecule has 0 fully saturated rings. The number of halogens is 3. The van der Waals surface area contributed by atoms with Crippen LogP contribution in [0.5, 0.6) is 0 Å². The number of aldehydes is 1. The number of carbonyl (C=O) groups excluding carboxylic acids is 1. The van der Waals surface area contributed by atoms with E-state index in [1.54, 1.807) is 6.07 Å². The molecule has 0 aliphatic carbocycles. The van der Waals surface area contributed by atoms with Gasteiger partial charge < -0.3 is 4.18 Å². The highest BCUT2D eigenvalue weighted by Crippen LogP contribution is 2.65. The number of aromatic nitrogens is 1. The lowest BCUT2D eigenvalue weighted by Crippen LogP contribution is -1.92. The Morgan fingerprint density at radius 3 is 3.00 bits per heavy atom. The van der Waals surface area contributed by atoms with Crippen molar-refractivity contribution in [3.8, 4) is 0 Å². The molecule has 1 aromatic rings. The van der Waals surface area contributed by atoms with E-state index in [1.807, 2.05) is 0 Å². The van der Waals surface area contributed by atoms with E-state index in [0.29, 0.717) is 17.3 Å². The lowest BCUT2D eigenvalue weighted by atomic mass is 10.2. The maximum Gasteiger partial charge on any atom is 0.151 e. The van der Waals surface area contributed by atoms with Crippen LogP contribution in [-0.4, -0.2) is 11.3 Å². The van der Waals surface area contributed by atoms with Gasteiger partial charge in [-0.15, -0.1) is 0 Å². The van der Waals surface area contributed by atoms with Crippen LogP contribution >= 0.6 is 69.8 Å². The molecule has 0 radical (unpaired) electrons. The molecule has 0 aliphatic rings. The molecule has 1 heterocycles. The van der Waals surface area contributed by atoms with E-state index in [4.69, 9.17) is 15.8 Å². The van der Waals surface area contributed by atoms with E-state index < -0.39 is 0 Å². The first kappa shape index (κ1) is 14.4. The lowest BCUT2D eigenvalue weighted by Gasteiger charge is -2.05. The molecule has 0 N–H and O–H groups in total. The number of hydrogen-bond acceptors (Lipinski definition) is 4. The SMILES string of the molecule is O=Cc1cnc(Cl)c(COSP(I)I)c1. The van der Waals surface area contributed by atoms with E-state index in [2.05, 4.69) is 49.1 Å². The molecule has 0 aliphatic heterocycles. The predicted octanol–water partition coefficient (Wildman–Crippen LogP) is 4.81. The van der Waals surface area contributed by atoms with Gasteiger partial charge in [-0.1, -0.05) is 11.6 Å². The first-order valence-corrected chi connectivity index (χ1v) is 12.3. The van der Waals surface area contributed by atoms with E-state index in [9.17, 15) is 4.79 Å². The molecular weight excluding hydrogens is 482 g/mol. The second-order valence-electron chi connectivity index (χ2n) is 2.38. The first-order valence-electron chi connectivity index (χ1n) is 3.64. The van der Waals surface area contributed by atoms with Crippen molar-refractivity contribution in [3.05, 3.63) is 28.5 Å². The van der Waals surface area contributed by atoms with Crippen LogP contribution in [0.25, 0.3) is 0 Å². The number of carbonyl (C=O) groups is 1. The Balaban J connectivity index is 2.62. The van der Waals surface area contributed by atoms with Gasteiger partial charge in [-0.05, 0) is 50.1 Å². The molecule has 3 nitrogen and oxygen atoms in total. The molecule has 1 rings (SSSR count). The van der Waals surface area contributed by atoms with E-state index >= 15 is 0 Å². The topological polar surface area (TPSA) is 39.2 Å². The van der Waals surface area contributed by atoms with Gasteiger partial charge in [-0.25, -0.2) is 4.98 Å². The van der Waals surface area contributed by atoms with Crippen LogP contribution in [0, 0.1) is 0 Å². The Labute approximate surface area is 124 Å². The minimum absolute atomic E-state index is 0.216. The summed E-state index contributed by atoms with van der Waals surface area (Å²) in [6.07, 6.45) is 2.18. The maximum absolute atomic E-state index is 10.5. The fourth-order valence-electron chi connectivity index (χ4n) is 0.807. The number of rotatable bonds is 5. The van der Waals surface area contributed by atoms with Gasteiger partial charge in [-0.3, -0.25) is 4.79 Å². The van der Waals surface area contributed by atoms with Crippen molar-refractivity contribution in [3.63, 3.8) is 0 Å². The summed E-state index contributed by atoms with van der Waals surface area (Å²) in [5, 5.41) is 0.382. The van der Waals surface area contributed by atoms with Gasteiger partial charge in [-0.2, -0.15) is 0 Å². The second-order valence-corrected chi connectivity index (χ2v) is 20.3. The van der Waals surface area contributed by atoms with Crippen molar-refractivity contribution in [2.75, 3.05) is 0 Å². The Kier molecular flexibility index (Phi) is 7.28. The van der Waals surface area contributed by atoms with Crippen molar-refractivity contribution in [1.82, 2.24) is 4.98 Å². The van der Waals surface area contributed by atoms with Gasteiger partial charge in [0.05, 0.1) is 6.61 Å². The number of hydrogen-bond donors (Lipinski definition) is 0. The van der Waals surface area contributed by atoms with Crippen LogP contribution in [0.1, 0.15) is 15.9 Å². The number of pyridine rings is 1. The minimum Gasteiger partial charge on any atom is -0.305 e. The van der Waals surface area contributed by atoms with Crippen molar-refractivity contribution >= 4 is 76.0 Å². The zero-order valence-corrected chi connectivity index (χ0v) is 14.0. The molecule has 0 spiro atoms. The van der Waals surface area contributed by atoms with Crippen molar-refractivity contribution in [2.45, 2.75) is 6.61 Å². The van der Waals surface area contributed by atoms with Gasteiger partial charge in [0.1, 0.15) is 7.56 Å². The van der Waals surface area contributed by atoms with E-state index in [0.717, 1.165) is 11.8 Å². The molecule has 82 valence electrons. The quantitative estimate of drug-likeness (QED) is 0.197. The third kappa shape index (κ3) is 5.45. The standard InChI is InChI=1S/C7H5ClI2NO2PS/c8-7-6(4-13-15-14(9)10)1-5(3-12)2-11-7/h1-3H,4H2. The summed E-state index contributed by atoms with van der Waals surface area (Å²) in [5.74, 6) is 0. The van der Waals surface area contributed by atoms with Crippen molar-refractivity contribution < 1.29 is 8.98 Å². The third-order valence-electron chi connectivity index (χ3n) is 1.39. The Bertz CT molecular complexity index is 356. The molecule has 0 bridgehead atoms. The van der Waals surface area contributed by atoms with Crippen LogP contribution in [0.4, 0.5) is 0 Å². The smallest absolute Gasteiger partial charge is 0.151 e. The van der Waals surface area contributed by atoms with Gasteiger partial charge in [0.15, 0.2) is 6.29 Å². The van der Waals surface area contributed by atoms with Crippen LogP contribution in [0.2, 0.25) is 5.15 Å². The normalized spacial score (nSPS) is 10.7. The fraction of sp³-hybridized carbons (Fsp3) is 0.143. The molecule has 0 atom stereocenters. The third-order valence-corrected chi connectivity index (χ3v) is 5.62. The second kappa shape index (κ2) is 7.60. The van der Waals surface area contributed by atoms with Crippen molar-refractivity contribution in [2.24, 2.45) is 0 Å². The highest BCUT2D eigenvalue weighted by atomic mass is 127. The molecular formula is C7H5ClI2NO2PS. The zero-order valence-electron chi connectivity index (χ0n) is 7.19. The van der Waals surface area contributed by atoms with Crippen LogP contribution in [0.3, 0.4) is 0 Å². The summed E-state index contributed by atoms with van der Waals surface area (Å²) < 4.78 is 5.14. The summed E-state index contributed by atoms with van der Waals surface area (Å²) in [4.78, 5) is 14.4. The Hall–Kier alpha value is 1.31. The summed E-state index contributed by atoms with van der Waals surface area (Å²) in [5.41, 5.74) is 1.24. The lowest BCUT2D eigenvalue weighted by molar-refractivity contribution is 0.112. The van der Waals surface area contributed by atoms with Gasteiger partial charge in [0.25, 0.3) is 0 Å². The Morgan fingerprint density at radius 1 is 1.67 bits per heavy atom. The summed E-state index contributed by atoms with van der Waals surface area (Å²) in [6, 6.07) is 1.69. The molecule has 15 heavy (non-hydrogen) atoms. The van der Waals surface area contributed by atoms with E-state index in [1.165, 1.54) is 17.9 Å². The molecule has 0 aromatic carbocycles. The van der Waals surface area contributed by atoms with Gasteiger partial charge >= 0.3 is 0 Å². The fourth-order valence-corrected chi connectivity index (χ4v) is 3.67. The average Bonchev–Trinajstić information content (AvgIpc) is 2.20. The number of nitrogens with zero attached hydrogens (tertiary/aromatic N) is 1. The molecule has 0 unspecified atom stereocenters. The molecule has 8 heteroatoms. The van der Waals surface area contributed by atoms with Crippen LogP contribution < -0.4 is 0 Å². The molecule has 0 saturated heterocycles. The largest absolute Gasteiger partial charge is 0.305 e. The van der Waals surface area contributed by atoms with Crippen LogP contribution in [-0.2, 0) is 10.8 Å². The summed E-state index contributed by atoms with van der Waals surface area (Å²) in [7, 11) is 0. The molecule has 1 aromatic heterocycles. The first-order chi connectivity index (χ1) is 7.13. The van der Waals surface area contributed by atoms with E-state index in [-0.39, 0.29) is 2.41 Å². The minimum atomic E-state index is -0.216. The summed E-state index contributed by atoms with van der Waals surface area (Å²) in [6.45, 7) is 0.364. The monoisotopic (exact) mass is 487 g/mol. The Morgan fingerprint density at radius 2 is 2.40 bits per heavy atom. The highest BCUT2D eigenvalue weighted by Gasteiger charge is 2.05. The molecule has 0 saturated carbocycles. The highest BCUT2D eigenvalue weighted by molar-refractivity contribution is 14.3. The average molecular weight is 487 g/mol. The predicted molar refractivity (Wildman–Crippen MR) is 82.0 cm³/mol. The van der Waals surface area contributed by atoms with Gasteiger partial charge in [0.2, 0.25) is 0 Å². The van der Waals surface area contributed by atoms with Crippen molar-refractivity contribution in [1.29, 1.82) is 0 Å². The molecule has 0 amide bonds. The zero-order chi connectivity index (χ0) is 11.3. The van der Waals surface area contributed by atoms with Crippen LogP contribution in [0.15, 0.2) is 12.3 Å². The summed E-state index contributed by atoms with van der Waals surface area (Å²) >= 11 is 11.9. The van der Waals surface area contributed by atoms with Gasteiger partial charge in [0, 0.05) is 29.0 Å². The maximum atomic E-state index is 10.5.